The van der Waals surface area contributed by atoms with E-state index in [9.17, 15) is 5.11 Å². The number of hydrogen-bond acceptors (Lipinski definition) is 3. The molecule has 0 aliphatic carbocycles. The molecule has 1 N–H and O–H groups in total. The maximum absolute atomic E-state index is 9.82. The first kappa shape index (κ1) is 11.7. The summed E-state index contributed by atoms with van der Waals surface area (Å²) < 4.78 is 0. The molecule has 0 amide bonds. The Hall–Kier alpha value is -0.410. The normalized spacial score (nSPS) is 13.5. The highest BCUT2D eigenvalue weighted by Crippen LogP contribution is 2.25. The highest BCUT2D eigenvalue weighted by Gasteiger charge is 2.10. The molecular weight excluding hydrogens is 194 g/mol. The molecular formula is C11H19NOS. The number of aliphatic hydroxyl groups is 1. The van der Waals surface area contributed by atoms with Crippen molar-refractivity contribution >= 4 is 11.3 Å². The van der Waals surface area contributed by atoms with Crippen molar-refractivity contribution in [1.82, 2.24) is 4.98 Å². The van der Waals surface area contributed by atoms with Crippen LogP contribution in [0.25, 0.3) is 0 Å². The summed E-state index contributed by atoms with van der Waals surface area (Å²) in [4.78, 5) is 5.15. The molecule has 1 aromatic rings. The number of thiazole rings is 1. The van der Waals surface area contributed by atoms with E-state index >= 15 is 0 Å². The molecule has 1 aromatic heterocycles. The fraction of sp³-hybridized carbons (Fsp3) is 0.727. The lowest BCUT2D eigenvalue weighted by atomic mass is 10.0. The number of nitrogens with zero attached hydrogens (tertiary/aromatic N) is 1. The lowest BCUT2D eigenvalue weighted by Crippen LogP contribution is -1.96. The van der Waals surface area contributed by atoms with Gasteiger partial charge in [0.05, 0.1) is 16.0 Å². The summed E-state index contributed by atoms with van der Waals surface area (Å²) in [7, 11) is 0. The second kappa shape index (κ2) is 5.47. The van der Waals surface area contributed by atoms with E-state index in [2.05, 4.69) is 18.8 Å². The molecule has 14 heavy (non-hydrogen) atoms. The lowest BCUT2D eigenvalue weighted by Gasteiger charge is -2.08. The van der Waals surface area contributed by atoms with E-state index in [1.165, 1.54) is 6.42 Å². The predicted molar refractivity (Wildman–Crippen MR) is 60.5 cm³/mol. The van der Waals surface area contributed by atoms with Crippen molar-refractivity contribution in [3.8, 4) is 0 Å². The van der Waals surface area contributed by atoms with Crippen LogP contribution in [0.1, 0.15) is 49.1 Å². The first-order chi connectivity index (χ1) is 6.59. The Bertz CT molecular complexity index is 270. The van der Waals surface area contributed by atoms with Gasteiger partial charge in [-0.05, 0) is 19.3 Å². The molecule has 3 heteroatoms. The zero-order chi connectivity index (χ0) is 10.6. The first-order valence-electron chi connectivity index (χ1n) is 5.20. The van der Waals surface area contributed by atoms with Gasteiger partial charge in [-0.15, -0.1) is 11.3 Å². The van der Waals surface area contributed by atoms with Crippen LogP contribution < -0.4 is 0 Å². The Kier molecular flexibility index (Phi) is 4.55. The van der Waals surface area contributed by atoms with Crippen molar-refractivity contribution in [1.29, 1.82) is 0 Å². The smallest absolute Gasteiger partial charge is 0.0898 e. The minimum atomic E-state index is -0.306. The zero-order valence-electron chi connectivity index (χ0n) is 9.16. The van der Waals surface area contributed by atoms with Gasteiger partial charge in [0.15, 0.2) is 0 Å². The van der Waals surface area contributed by atoms with Crippen LogP contribution in [-0.4, -0.2) is 10.1 Å². The topological polar surface area (TPSA) is 33.1 Å². The Morgan fingerprint density at radius 2 is 2.14 bits per heavy atom. The third kappa shape index (κ3) is 3.76. The number of aromatic nitrogens is 1. The first-order valence-corrected chi connectivity index (χ1v) is 6.01. The maximum atomic E-state index is 9.82. The van der Waals surface area contributed by atoms with E-state index in [-0.39, 0.29) is 6.10 Å². The van der Waals surface area contributed by atoms with E-state index in [1.54, 1.807) is 17.5 Å². The van der Waals surface area contributed by atoms with Gasteiger partial charge in [0.2, 0.25) is 0 Å². The molecule has 0 fully saturated rings. The van der Waals surface area contributed by atoms with E-state index in [0.717, 1.165) is 28.6 Å². The third-order valence-electron chi connectivity index (χ3n) is 2.23. The van der Waals surface area contributed by atoms with Crippen LogP contribution in [0.15, 0.2) is 6.20 Å². The summed E-state index contributed by atoms with van der Waals surface area (Å²) in [6, 6.07) is 0. The summed E-state index contributed by atoms with van der Waals surface area (Å²) in [6.07, 6.45) is 4.63. The Morgan fingerprint density at radius 1 is 1.43 bits per heavy atom. The molecule has 80 valence electrons. The van der Waals surface area contributed by atoms with Crippen LogP contribution >= 0.6 is 11.3 Å². The Morgan fingerprint density at radius 3 is 2.64 bits per heavy atom. The molecule has 0 saturated heterocycles. The minimum Gasteiger partial charge on any atom is -0.388 e. The van der Waals surface area contributed by atoms with Gasteiger partial charge in [-0.3, -0.25) is 0 Å². The zero-order valence-corrected chi connectivity index (χ0v) is 9.97. The van der Waals surface area contributed by atoms with Gasteiger partial charge < -0.3 is 5.11 Å². The number of aryl methyl sites for hydroxylation is 1. The van der Waals surface area contributed by atoms with Crippen LogP contribution in [0.2, 0.25) is 0 Å². The number of aliphatic hydroxyl groups excluding tert-OH is 1. The SMILES string of the molecule is Cc1ncc(C(O)CCCC(C)C)s1. The molecule has 0 saturated carbocycles. The molecule has 1 rings (SSSR count). The largest absolute Gasteiger partial charge is 0.388 e. The summed E-state index contributed by atoms with van der Waals surface area (Å²) in [5.41, 5.74) is 0. The monoisotopic (exact) mass is 213 g/mol. The highest BCUT2D eigenvalue weighted by atomic mass is 32.1. The van der Waals surface area contributed by atoms with Gasteiger partial charge in [-0.2, -0.15) is 0 Å². The van der Waals surface area contributed by atoms with Crippen LogP contribution in [0.4, 0.5) is 0 Å². The molecule has 0 aliphatic rings. The second-order valence-electron chi connectivity index (χ2n) is 4.12. The molecule has 1 atom stereocenters. The van der Waals surface area contributed by atoms with Crippen molar-refractivity contribution in [2.24, 2.45) is 5.92 Å². The van der Waals surface area contributed by atoms with Gasteiger partial charge in [0.1, 0.15) is 0 Å². The van der Waals surface area contributed by atoms with Crippen molar-refractivity contribution in [3.63, 3.8) is 0 Å². The molecule has 1 unspecified atom stereocenters. The second-order valence-corrected chi connectivity index (χ2v) is 5.39. The van der Waals surface area contributed by atoms with Crippen molar-refractivity contribution in [3.05, 3.63) is 16.1 Å². The fourth-order valence-corrected chi connectivity index (χ4v) is 2.20. The van der Waals surface area contributed by atoms with Crippen LogP contribution in [0, 0.1) is 12.8 Å². The van der Waals surface area contributed by atoms with E-state index in [0.29, 0.717) is 0 Å². The van der Waals surface area contributed by atoms with Gasteiger partial charge >= 0.3 is 0 Å². The summed E-state index contributed by atoms with van der Waals surface area (Å²) >= 11 is 1.59. The van der Waals surface area contributed by atoms with Gasteiger partial charge in [0, 0.05) is 6.20 Å². The highest BCUT2D eigenvalue weighted by molar-refractivity contribution is 7.11. The maximum Gasteiger partial charge on any atom is 0.0898 e. The molecule has 0 bridgehead atoms. The lowest BCUT2D eigenvalue weighted by molar-refractivity contribution is 0.165. The van der Waals surface area contributed by atoms with E-state index in [1.807, 2.05) is 6.92 Å². The minimum absolute atomic E-state index is 0.306. The van der Waals surface area contributed by atoms with E-state index < -0.39 is 0 Å². The molecule has 1 heterocycles. The molecule has 0 aliphatic heterocycles. The molecule has 0 radical (unpaired) electrons. The molecule has 2 nitrogen and oxygen atoms in total. The van der Waals surface area contributed by atoms with Crippen molar-refractivity contribution in [2.75, 3.05) is 0 Å². The third-order valence-corrected chi connectivity index (χ3v) is 3.24. The Balaban J connectivity index is 2.32. The van der Waals surface area contributed by atoms with Crippen molar-refractivity contribution < 1.29 is 5.11 Å². The van der Waals surface area contributed by atoms with Crippen molar-refractivity contribution in [2.45, 2.75) is 46.1 Å². The van der Waals surface area contributed by atoms with Gasteiger partial charge in [-0.1, -0.05) is 26.7 Å². The summed E-state index contributed by atoms with van der Waals surface area (Å²) in [6.45, 7) is 6.39. The average Bonchev–Trinajstić information content (AvgIpc) is 2.51. The van der Waals surface area contributed by atoms with Crippen LogP contribution in [0.5, 0.6) is 0 Å². The molecule has 0 spiro atoms. The average molecular weight is 213 g/mol. The molecule has 0 aromatic carbocycles. The Labute approximate surface area is 90.0 Å². The number of rotatable bonds is 5. The predicted octanol–water partition coefficient (Wildman–Crippen LogP) is 3.31. The summed E-state index contributed by atoms with van der Waals surface area (Å²) in [5.74, 6) is 0.727. The number of hydrogen-bond donors (Lipinski definition) is 1. The van der Waals surface area contributed by atoms with Crippen LogP contribution in [-0.2, 0) is 0 Å². The van der Waals surface area contributed by atoms with E-state index in [4.69, 9.17) is 0 Å². The van der Waals surface area contributed by atoms with Gasteiger partial charge in [0.25, 0.3) is 0 Å². The quantitative estimate of drug-likeness (QED) is 0.814. The summed E-state index contributed by atoms with van der Waals surface area (Å²) in [5, 5.41) is 10.8. The van der Waals surface area contributed by atoms with Crippen LogP contribution in [0.3, 0.4) is 0 Å². The van der Waals surface area contributed by atoms with Gasteiger partial charge in [-0.25, -0.2) is 4.98 Å². The standard InChI is InChI=1S/C11H19NOS/c1-8(2)5-4-6-10(13)11-7-12-9(3)14-11/h7-8,10,13H,4-6H2,1-3H3. The fourth-order valence-electron chi connectivity index (χ4n) is 1.39.